The molecule has 0 bridgehead atoms. The monoisotopic (exact) mass is 469 g/mol. The van der Waals surface area contributed by atoms with Crippen LogP contribution in [0.3, 0.4) is 0 Å². The maximum Gasteiger partial charge on any atom is 0.410 e. The van der Waals surface area contributed by atoms with Crippen LogP contribution in [0.5, 0.6) is 0 Å². The molecule has 0 radical (unpaired) electrons. The number of benzene rings is 1. The number of hydrogen-bond donors (Lipinski definition) is 2. The normalized spacial score (nSPS) is 17.7. The summed E-state index contributed by atoms with van der Waals surface area (Å²) in [4.78, 5) is 31.8. The van der Waals surface area contributed by atoms with E-state index in [1.54, 1.807) is 42.8 Å². The number of H-pyrrole nitrogens is 1. The van der Waals surface area contributed by atoms with Gasteiger partial charge in [0.15, 0.2) is 0 Å². The molecule has 1 aromatic heterocycles. The quantitative estimate of drug-likeness (QED) is 0.719. The average Bonchev–Trinajstić information content (AvgIpc) is 3.13. The lowest BCUT2D eigenvalue weighted by Crippen LogP contribution is -2.57. The Morgan fingerprint density at radius 3 is 2.76 bits per heavy atom. The summed E-state index contributed by atoms with van der Waals surface area (Å²) in [5.74, 6) is -0.863. The molecule has 29 heavy (non-hydrogen) atoms. The minimum Gasteiger partial charge on any atom is -0.444 e. The number of carbonyl (C=O) groups is 2. The first-order chi connectivity index (χ1) is 13.6. The van der Waals surface area contributed by atoms with Crippen molar-refractivity contribution < 1.29 is 23.8 Å². The number of fused-ring (bicyclic) bond motifs is 1. The maximum atomic E-state index is 14.3. The predicted octanol–water partition coefficient (Wildman–Crippen LogP) is 3.51. The zero-order valence-corrected chi connectivity index (χ0v) is 18.3. The fourth-order valence-corrected chi connectivity index (χ4v) is 3.95. The van der Waals surface area contributed by atoms with Crippen LogP contribution >= 0.6 is 15.9 Å². The average molecular weight is 470 g/mol. The van der Waals surface area contributed by atoms with Crippen molar-refractivity contribution in [2.24, 2.45) is 0 Å². The molecule has 2 heterocycles. The van der Waals surface area contributed by atoms with Crippen LogP contribution in [0, 0.1) is 5.82 Å². The Labute approximate surface area is 176 Å². The second kappa shape index (κ2) is 8.31. The maximum absolute atomic E-state index is 14.3. The van der Waals surface area contributed by atoms with Gasteiger partial charge in [-0.05, 0) is 55.3 Å². The fraction of sp³-hybridized carbons (Fsp3) is 0.500. The molecule has 0 aliphatic carbocycles. The number of carbonyl (C=O) groups excluding carboxylic acids is 2. The standard InChI is InChI=1S/C20H25BrFN3O4/c1-20(2,3)29-19(28)24-7-8-25(12(11-24)5-9-26)18(27)14-10-15(22)16(21)13-4-6-23-17(13)14/h4,6,10,12,23,26H,5,7-9,11H2,1-3H3. The fourth-order valence-electron chi connectivity index (χ4n) is 3.50. The minimum atomic E-state index is -0.620. The summed E-state index contributed by atoms with van der Waals surface area (Å²) in [6.45, 7) is 6.05. The summed E-state index contributed by atoms with van der Waals surface area (Å²) >= 11 is 3.21. The number of amides is 2. The van der Waals surface area contributed by atoms with E-state index in [0.29, 0.717) is 28.3 Å². The van der Waals surface area contributed by atoms with Gasteiger partial charge in [0.1, 0.15) is 11.4 Å². The second-order valence-electron chi connectivity index (χ2n) is 8.08. The number of nitrogens with zero attached hydrogens (tertiary/aromatic N) is 2. The van der Waals surface area contributed by atoms with Crippen molar-refractivity contribution in [1.82, 2.24) is 14.8 Å². The summed E-state index contributed by atoms with van der Waals surface area (Å²) < 4.78 is 20.1. The highest BCUT2D eigenvalue weighted by molar-refractivity contribution is 9.10. The molecule has 2 aromatic rings. The first kappa shape index (κ1) is 21.6. The number of nitrogens with one attached hydrogen (secondary N) is 1. The van der Waals surface area contributed by atoms with Crippen molar-refractivity contribution in [3.63, 3.8) is 0 Å². The lowest BCUT2D eigenvalue weighted by atomic mass is 10.0. The van der Waals surface area contributed by atoms with Gasteiger partial charge in [0.2, 0.25) is 0 Å². The number of aromatic amines is 1. The zero-order chi connectivity index (χ0) is 21.3. The molecule has 0 spiro atoms. The third-order valence-corrected chi connectivity index (χ3v) is 5.63. The van der Waals surface area contributed by atoms with Gasteiger partial charge in [0, 0.05) is 37.8 Å². The molecule has 1 fully saturated rings. The SMILES string of the molecule is CC(C)(C)OC(=O)N1CCN(C(=O)c2cc(F)c(Br)c3cc[nH]c23)C(CCO)C1. The summed E-state index contributed by atoms with van der Waals surface area (Å²) in [6, 6.07) is 2.51. The Hall–Kier alpha value is -2.13. The highest BCUT2D eigenvalue weighted by atomic mass is 79.9. The minimum absolute atomic E-state index is 0.136. The van der Waals surface area contributed by atoms with E-state index in [0.717, 1.165) is 0 Å². The predicted molar refractivity (Wildman–Crippen MR) is 110 cm³/mol. The van der Waals surface area contributed by atoms with E-state index in [-0.39, 0.29) is 31.2 Å². The summed E-state index contributed by atoms with van der Waals surface area (Å²) in [5, 5.41) is 10.1. The number of hydrogen-bond acceptors (Lipinski definition) is 4. The van der Waals surface area contributed by atoms with Crippen molar-refractivity contribution in [2.75, 3.05) is 26.2 Å². The lowest BCUT2D eigenvalue weighted by Gasteiger charge is -2.41. The summed E-state index contributed by atoms with van der Waals surface area (Å²) in [7, 11) is 0. The van der Waals surface area contributed by atoms with E-state index in [9.17, 15) is 19.1 Å². The highest BCUT2D eigenvalue weighted by Gasteiger charge is 2.35. The third kappa shape index (κ3) is 4.56. The number of ether oxygens (including phenoxy) is 1. The molecule has 1 aromatic carbocycles. The van der Waals surface area contributed by atoms with E-state index < -0.39 is 23.6 Å². The number of rotatable bonds is 3. The number of halogens is 2. The molecule has 0 saturated carbocycles. The Balaban J connectivity index is 1.85. The Morgan fingerprint density at radius 2 is 2.10 bits per heavy atom. The first-order valence-electron chi connectivity index (χ1n) is 9.47. The van der Waals surface area contributed by atoms with Gasteiger partial charge in [0.25, 0.3) is 5.91 Å². The number of aliphatic hydroxyl groups is 1. The lowest BCUT2D eigenvalue weighted by molar-refractivity contribution is 0.00181. The molecule has 3 rings (SSSR count). The molecular formula is C20H25BrFN3O4. The Kier molecular flexibility index (Phi) is 6.19. The Bertz CT molecular complexity index is 924. The topological polar surface area (TPSA) is 85.9 Å². The largest absolute Gasteiger partial charge is 0.444 e. The third-order valence-electron chi connectivity index (χ3n) is 4.82. The second-order valence-corrected chi connectivity index (χ2v) is 8.87. The van der Waals surface area contributed by atoms with Gasteiger partial charge in [-0.3, -0.25) is 4.79 Å². The molecule has 1 aliphatic heterocycles. The molecule has 1 aliphatic rings. The van der Waals surface area contributed by atoms with Gasteiger partial charge >= 0.3 is 6.09 Å². The van der Waals surface area contributed by atoms with Gasteiger partial charge < -0.3 is 24.6 Å². The van der Waals surface area contributed by atoms with Crippen LogP contribution in [0.1, 0.15) is 37.6 Å². The number of aliphatic hydroxyl groups excluding tert-OH is 1. The van der Waals surface area contributed by atoms with Crippen LogP contribution in [0.15, 0.2) is 22.8 Å². The van der Waals surface area contributed by atoms with Crippen molar-refractivity contribution >= 4 is 38.8 Å². The van der Waals surface area contributed by atoms with Gasteiger partial charge in [-0.1, -0.05) is 0 Å². The zero-order valence-electron chi connectivity index (χ0n) is 16.7. The van der Waals surface area contributed by atoms with Crippen molar-refractivity contribution in [3.8, 4) is 0 Å². The number of piperazine rings is 1. The molecule has 7 nitrogen and oxygen atoms in total. The van der Waals surface area contributed by atoms with Crippen LogP contribution in [-0.4, -0.2) is 69.8 Å². The first-order valence-corrected chi connectivity index (χ1v) is 10.3. The molecule has 1 unspecified atom stereocenters. The van der Waals surface area contributed by atoms with Crippen LogP contribution < -0.4 is 0 Å². The molecule has 1 atom stereocenters. The highest BCUT2D eigenvalue weighted by Crippen LogP contribution is 2.30. The van der Waals surface area contributed by atoms with Crippen LogP contribution in [-0.2, 0) is 4.74 Å². The molecular weight excluding hydrogens is 445 g/mol. The van der Waals surface area contributed by atoms with Gasteiger partial charge in [-0.2, -0.15) is 0 Å². The number of aromatic nitrogens is 1. The van der Waals surface area contributed by atoms with E-state index in [2.05, 4.69) is 20.9 Å². The molecule has 1 saturated heterocycles. The summed E-state index contributed by atoms with van der Waals surface area (Å²) in [5.41, 5.74) is 0.143. The van der Waals surface area contributed by atoms with Gasteiger partial charge in [0.05, 0.1) is 21.6 Å². The van der Waals surface area contributed by atoms with Crippen LogP contribution in [0.25, 0.3) is 10.9 Å². The van der Waals surface area contributed by atoms with Crippen molar-refractivity contribution in [1.29, 1.82) is 0 Å². The molecule has 2 N–H and O–H groups in total. The van der Waals surface area contributed by atoms with Crippen molar-refractivity contribution in [3.05, 3.63) is 34.2 Å². The van der Waals surface area contributed by atoms with E-state index in [1.165, 1.54) is 6.07 Å². The van der Waals surface area contributed by atoms with Gasteiger partial charge in [-0.25, -0.2) is 9.18 Å². The summed E-state index contributed by atoms with van der Waals surface area (Å²) in [6.07, 6.45) is 1.50. The van der Waals surface area contributed by atoms with Gasteiger partial charge in [-0.15, -0.1) is 0 Å². The molecule has 158 valence electrons. The Morgan fingerprint density at radius 1 is 1.38 bits per heavy atom. The molecule has 9 heteroatoms. The van der Waals surface area contributed by atoms with Crippen molar-refractivity contribution in [2.45, 2.75) is 38.8 Å². The van der Waals surface area contributed by atoms with E-state index >= 15 is 0 Å². The van der Waals surface area contributed by atoms with E-state index in [1.807, 2.05) is 0 Å². The van der Waals surface area contributed by atoms with E-state index in [4.69, 9.17) is 4.74 Å². The van der Waals surface area contributed by atoms with Crippen LogP contribution in [0.4, 0.5) is 9.18 Å². The smallest absolute Gasteiger partial charge is 0.410 e. The molecule has 2 amide bonds. The van der Waals surface area contributed by atoms with Crippen LogP contribution in [0.2, 0.25) is 0 Å².